The van der Waals surface area contributed by atoms with Crippen molar-refractivity contribution in [3.8, 4) is 0 Å². The number of aliphatic carboxylic acids is 1. The Morgan fingerprint density at radius 3 is 2.24 bits per heavy atom. The SMILES string of the molecule is CC(C)CC(NC(=O)C(CS)NC(=O)CN)C(=O)NC(Cc1cnc[nH]1)C(=O)O. The number of aromatic nitrogens is 2. The number of nitrogens with two attached hydrogens (primary N) is 1. The number of carboxylic acid groups (broad SMARTS) is 1. The maximum Gasteiger partial charge on any atom is 0.326 e. The van der Waals surface area contributed by atoms with Crippen molar-refractivity contribution in [3.63, 3.8) is 0 Å². The minimum absolute atomic E-state index is 0.00513. The Morgan fingerprint density at radius 1 is 1.14 bits per heavy atom. The highest BCUT2D eigenvalue weighted by molar-refractivity contribution is 7.80. The van der Waals surface area contributed by atoms with Crippen LogP contribution in [0, 0.1) is 5.92 Å². The third-order valence-corrected chi connectivity index (χ3v) is 4.32. The number of nitrogens with zero attached hydrogens (tertiary/aromatic N) is 1. The number of carboxylic acids is 1. The zero-order valence-corrected chi connectivity index (χ0v) is 17.2. The van der Waals surface area contributed by atoms with E-state index in [4.69, 9.17) is 5.73 Å². The molecule has 0 radical (unpaired) electrons. The van der Waals surface area contributed by atoms with E-state index in [-0.39, 0.29) is 31.1 Å². The van der Waals surface area contributed by atoms with Gasteiger partial charge in [0.15, 0.2) is 0 Å². The fraction of sp³-hybridized carbons (Fsp3) is 0.588. The summed E-state index contributed by atoms with van der Waals surface area (Å²) in [4.78, 5) is 54.8. The van der Waals surface area contributed by atoms with Crippen molar-refractivity contribution < 1.29 is 24.3 Å². The van der Waals surface area contributed by atoms with E-state index >= 15 is 0 Å². The standard InChI is InChI=1S/C17H28N6O5S/c1-9(2)3-11(22-16(26)13(7-29)21-14(24)5-18)15(25)23-12(17(27)28)4-10-6-19-8-20-10/h6,8-9,11-13,29H,3-5,7,18H2,1-2H3,(H,19,20)(H,21,24)(H,22,26)(H,23,25)(H,27,28). The van der Waals surface area contributed by atoms with Gasteiger partial charge in [0, 0.05) is 24.1 Å². The normalized spacial score (nSPS) is 14.0. The van der Waals surface area contributed by atoms with Crippen LogP contribution in [0.15, 0.2) is 12.5 Å². The van der Waals surface area contributed by atoms with Gasteiger partial charge in [-0.3, -0.25) is 14.4 Å². The molecule has 11 nitrogen and oxygen atoms in total. The molecule has 7 N–H and O–H groups in total. The van der Waals surface area contributed by atoms with Gasteiger partial charge in [-0.25, -0.2) is 9.78 Å². The smallest absolute Gasteiger partial charge is 0.326 e. The number of hydrogen-bond acceptors (Lipinski definition) is 7. The highest BCUT2D eigenvalue weighted by Gasteiger charge is 2.29. The molecule has 0 aliphatic carbocycles. The van der Waals surface area contributed by atoms with Crippen LogP contribution >= 0.6 is 12.6 Å². The molecule has 1 heterocycles. The summed E-state index contributed by atoms with van der Waals surface area (Å²) in [6.45, 7) is 3.43. The van der Waals surface area contributed by atoms with Crippen LogP contribution < -0.4 is 21.7 Å². The molecular weight excluding hydrogens is 400 g/mol. The summed E-state index contributed by atoms with van der Waals surface area (Å²) in [5, 5.41) is 16.8. The fourth-order valence-corrected chi connectivity index (χ4v) is 2.77. The van der Waals surface area contributed by atoms with E-state index in [0.717, 1.165) is 0 Å². The van der Waals surface area contributed by atoms with Crippen LogP contribution in [0.1, 0.15) is 26.0 Å². The molecule has 0 aliphatic heterocycles. The summed E-state index contributed by atoms with van der Waals surface area (Å²) < 4.78 is 0. The van der Waals surface area contributed by atoms with Crippen molar-refractivity contribution in [2.24, 2.45) is 11.7 Å². The minimum atomic E-state index is -1.22. The second-order valence-corrected chi connectivity index (χ2v) is 7.24. The van der Waals surface area contributed by atoms with Gasteiger partial charge >= 0.3 is 5.97 Å². The summed E-state index contributed by atoms with van der Waals surface area (Å²) in [5.74, 6) is -2.95. The van der Waals surface area contributed by atoms with E-state index in [2.05, 4.69) is 38.5 Å². The van der Waals surface area contributed by atoms with Crippen LogP contribution in [0.4, 0.5) is 0 Å². The van der Waals surface area contributed by atoms with Crippen LogP contribution in [0.3, 0.4) is 0 Å². The van der Waals surface area contributed by atoms with Gasteiger partial charge in [0.25, 0.3) is 0 Å². The molecule has 3 amide bonds. The molecule has 0 fully saturated rings. The van der Waals surface area contributed by atoms with Crippen LogP contribution in [-0.2, 0) is 25.6 Å². The Morgan fingerprint density at radius 2 is 1.76 bits per heavy atom. The predicted molar refractivity (Wildman–Crippen MR) is 108 cm³/mol. The van der Waals surface area contributed by atoms with Gasteiger partial charge in [-0.05, 0) is 12.3 Å². The van der Waals surface area contributed by atoms with E-state index in [9.17, 15) is 24.3 Å². The van der Waals surface area contributed by atoms with Crippen LogP contribution in [0.2, 0.25) is 0 Å². The van der Waals surface area contributed by atoms with E-state index in [1.165, 1.54) is 12.5 Å². The average molecular weight is 429 g/mol. The number of aromatic amines is 1. The maximum atomic E-state index is 12.7. The van der Waals surface area contributed by atoms with Gasteiger partial charge in [-0.1, -0.05) is 13.8 Å². The Hall–Kier alpha value is -2.60. The number of carbonyl (C=O) groups excluding carboxylic acids is 3. The predicted octanol–water partition coefficient (Wildman–Crippen LogP) is -1.57. The molecule has 1 rings (SSSR count). The Kier molecular flexibility index (Phi) is 10.2. The number of carbonyl (C=O) groups is 4. The summed E-state index contributed by atoms with van der Waals surface area (Å²) in [5.41, 5.74) is 5.78. The van der Waals surface area contributed by atoms with E-state index < -0.39 is 41.8 Å². The number of hydrogen-bond donors (Lipinski definition) is 7. The van der Waals surface area contributed by atoms with Gasteiger partial charge in [-0.15, -0.1) is 0 Å². The van der Waals surface area contributed by atoms with E-state index in [1.54, 1.807) is 0 Å². The molecule has 0 aliphatic rings. The highest BCUT2D eigenvalue weighted by Crippen LogP contribution is 2.07. The summed E-state index contributed by atoms with van der Waals surface area (Å²) in [6, 6.07) is -3.16. The molecule has 1 aromatic heterocycles. The van der Waals surface area contributed by atoms with Crippen LogP contribution in [-0.4, -0.2) is 69.2 Å². The van der Waals surface area contributed by atoms with Crippen molar-refractivity contribution in [1.82, 2.24) is 25.9 Å². The van der Waals surface area contributed by atoms with Gasteiger partial charge < -0.3 is 31.8 Å². The lowest BCUT2D eigenvalue weighted by Crippen LogP contribution is -2.57. The number of nitrogens with one attached hydrogen (secondary N) is 4. The molecule has 162 valence electrons. The Labute approximate surface area is 174 Å². The molecule has 0 bridgehead atoms. The zero-order valence-electron chi connectivity index (χ0n) is 16.3. The highest BCUT2D eigenvalue weighted by atomic mass is 32.1. The van der Waals surface area contributed by atoms with Crippen molar-refractivity contribution in [2.45, 2.75) is 44.8 Å². The topological polar surface area (TPSA) is 179 Å². The first kappa shape index (κ1) is 24.4. The van der Waals surface area contributed by atoms with E-state index in [1.807, 2.05) is 13.8 Å². The summed E-state index contributed by atoms with van der Waals surface area (Å²) >= 11 is 4.04. The Balaban J connectivity index is 2.85. The number of amides is 3. The summed E-state index contributed by atoms with van der Waals surface area (Å²) in [6.07, 6.45) is 3.16. The van der Waals surface area contributed by atoms with Gasteiger partial charge in [0.05, 0.1) is 12.9 Å². The number of thiol groups is 1. The molecule has 3 unspecified atom stereocenters. The molecule has 3 atom stereocenters. The largest absolute Gasteiger partial charge is 0.480 e. The maximum absolute atomic E-state index is 12.7. The molecular formula is C17H28N6O5S. The number of imidazole rings is 1. The first-order chi connectivity index (χ1) is 13.7. The molecule has 0 spiro atoms. The molecule has 0 saturated heterocycles. The average Bonchev–Trinajstić information content (AvgIpc) is 3.17. The quantitative estimate of drug-likeness (QED) is 0.196. The lowest BCUT2D eigenvalue weighted by molar-refractivity contribution is -0.142. The number of rotatable bonds is 12. The second kappa shape index (κ2) is 12.1. The molecule has 1 aromatic rings. The molecule has 12 heteroatoms. The van der Waals surface area contributed by atoms with Crippen molar-refractivity contribution >= 4 is 36.3 Å². The molecule has 29 heavy (non-hydrogen) atoms. The second-order valence-electron chi connectivity index (χ2n) is 6.88. The fourth-order valence-electron chi connectivity index (χ4n) is 2.51. The first-order valence-corrected chi connectivity index (χ1v) is 9.72. The zero-order chi connectivity index (χ0) is 22.0. The van der Waals surface area contributed by atoms with Crippen molar-refractivity contribution in [3.05, 3.63) is 18.2 Å². The van der Waals surface area contributed by atoms with Crippen molar-refractivity contribution in [1.29, 1.82) is 0 Å². The third kappa shape index (κ3) is 8.52. The lowest BCUT2D eigenvalue weighted by atomic mass is 10.0. The van der Waals surface area contributed by atoms with Gasteiger partial charge in [0.2, 0.25) is 17.7 Å². The molecule has 0 saturated carbocycles. The summed E-state index contributed by atoms with van der Waals surface area (Å²) in [7, 11) is 0. The van der Waals surface area contributed by atoms with Gasteiger partial charge in [-0.2, -0.15) is 12.6 Å². The monoisotopic (exact) mass is 428 g/mol. The third-order valence-electron chi connectivity index (χ3n) is 3.95. The van der Waals surface area contributed by atoms with Gasteiger partial charge in [0.1, 0.15) is 18.1 Å². The first-order valence-electron chi connectivity index (χ1n) is 9.09. The lowest BCUT2D eigenvalue weighted by Gasteiger charge is -2.25. The molecule has 0 aromatic carbocycles. The minimum Gasteiger partial charge on any atom is -0.480 e. The Bertz CT molecular complexity index is 696. The van der Waals surface area contributed by atoms with E-state index in [0.29, 0.717) is 5.69 Å². The number of H-pyrrole nitrogens is 1. The van der Waals surface area contributed by atoms with Crippen LogP contribution in [0.5, 0.6) is 0 Å². The van der Waals surface area contributed by atoms with Crippen molar-refractivity contribution in [2.75, 3.05) is 12.3 Å². The van der Waals surface area contributed by atoms with Crippen LogP contribution in [0.25, 0.3) is 0 Å².